The molecule has 0 saturated heterocycles. The molecule has 0 radical (unpaired) electrons. The van der Waals surface area contributed by atoms with E-state index in [0.717, 1.165) is 5.56 Å². The lowest BCUT2D eigenvalue weighted by molar-refractivity contribution is 0.0993. The normalized spacial score (nSPS) is 10.4. The van der Waals surface area contributed by atoms with E-state index in [1.54, 1.807) is 18.3 Å². The third kappa shape index (κ3) is 3.15. The van der Waals surface area contributed by atoms with Crippen LogP contribution in [0.15, 0.2) is 41.1 Å². The fourth-order valence-corrected chi connectivity index (χ4v) is 2.10. The van der Waals surface area contributed by atoms with Crippen LogP contribution in [0.3, 0.4) is 0 Å². The highest BCUT2D eigenvalue weighted by Crippen LogP contribution is 2.18. The average molecular weight is 329 g/mol. The Labute approximate surface area is 117 Å². The summed E-state index contributed by atoms with van der Waals surface area (Å²) < 4.78 is 13.7. The van der Waals surface area contributed by atoms with Gasteiger partial charge in [-0.3, -0.25) is 4.79 Å². The molecule has 0 saturated carbocycles. The van der Waals surface area contributed by atoms with E-state index in [1.807, 2.05) is 0 Å². The van der Waals surface area contributed by atoms with Crippen LogP contribution in [0, 0.1) is 5.82 Å². The van der Waals surface area contributed by atoms with Crippen molar-refractivity contribution >= 4 is 33.3 Å². The minimum Gasteiger partial charge on any atom is -0.294 e. The summed E-state index contributed by atoms with van der Waals surface area (Å²) in [5, 5.41) is -0.0447. The molecular formula is C13H8BrClFNO. The molecule has 1 heterocycles. The number of benzene rings is 1. The summed E-state index contributed by atoms with van der Waals surface area (Å²) in [5.41, 5.74) is 1.23. The van der Waals surface area contributed by atoms with E-state index in [2.05, 4.69) is 20.9 Å². The number of rotatable bonds is 3. The van der Waals surface area contributed by atoms with Crippen molar-refractivity contribution in [3.63, 3.8) is 0 Å². The first-order valence-electron chi connectivity index (χ1n) is 5.15. The summed E-state index contributed by atoms with van der Waals surface area (Å²) in [6, 6.07) is 7.49. The molecule has 0 aliphatic carbocycles. The van der Waals surface area contributed by atoms with Crippen LogP contribution in [-0.2, 0) is 6.42 Å². The van der Waals surface area contributed by atoms with Crippen molar-refractivity contribution in [2.45, 2.75) is 6.42 Å². The number of nitrogens with zero attached hydrogens (tertiary/aromatic N) is 1. The molecule has 2 aromatic rings. The Kier molecular flexibility index (Phi) is 4.09. The lowest BCUT2D eigenvalue weighted by atomic mass is 10.0. The van der Waals surface area contributed by atoms with Gasteiger partial charge in [0.1, 0.15) is 10.4 Å². The number of hydrogen-bond donors (Lipinski definition) is 0. The lowest BCUT2D eigenvalue weighted by Crippen LogP contribution is -2.04. The number of hydrogen-bond acceptors (Lipinski definition) is 2. The molecule has 0 spiro atoms. The van der Waals surface area contributed by atoms with Gasteiger partial charge in [0.2, 0.25) is 0 Å². The topological polar surface area (TPSA) is 30.0 Å². The zero-order chi connectivity index (χ0) is 13.1. The first kappa shape index (κ1) is 13.2. The fourth-order valence-electron chi connectivity index (χ4n) is 1.51. The second-order valence-electron chi connectivity index (χ2n) is 3.72. The smallest absolute Gasteiger partial charge is 0.167 e. The minimum atomic E-state index is -0.528. The van der Waals surface area contributed by atoms with Gasteiger partial charge < -0.3 is 0 Å². The number of pyridine rings is 1. The number of ketones is 1. The van der Waals surface area contributed by atoms with Gasteiger partial charge in [-0.15, -0.1) is 0 Å². The fraction of sp³-hybridized carbons (Fsp3) is 0.0769. The van der Waals surface area contributed by atoms with Gasteiger partial charge in [0.15, 0.2) is 5.78 Å². The molecule has 0 aliphatic heterocycles. The zero-order valence-electron chi connectivity index (χ0n) is 9.16. The van der Waals surface area contributed by atoms with E-state index < -0.39 is 5.82 Å². The third-order valence-corrected chi connectivity index (χ3v) is 3.12. The Bertz CT molecular complexity index is 603. The highest BCUT2D eigenvalue weighted by atomic mass is 79.9. The zero-order valence-corrected chi connectivity index (χ0v) is 11.5. The SMILES string of the molecule is O=C(Cc1ccnc(Br)c1)c1ccc(F)c(Cl)c1. The van der Waals surface area contributed by atoms with E-state index in [1.165, 1.54) is 18.2 Å². The number of carbonyl (C=O) groups is 1. The van der Waals surface area contributed by atoms with Crippen molar-refractivity contribution in [3.05, 3.63) is 63.1 Å². The minimum absolute atomic E-state index is 0.0447. The van der Waals surface area contributed by atoms with E-state index in [-0.39, 0.29) is 17.2 Å². The lowest BCUT2D eigenvalue weighted by Gasteiger charge is -2.03. The van der Waals surface area contributed by atoms with Crippen molar-refractivity contribution in [2.24, 2.45) is 0 Å². The molecule has 0 bridgehead atoms. The summed E-state index contributed by atoms with van der Waals surface area (Å²) >= 11 is 8.88. The molecule has 0 amide bonds. The van der Waals surface area contributed by atoms with Crippen molar-refractivity contribution in [2.75, 3.05) is 0 Å². The van der Waals surface area contributed by atoms with E-state index in [4.69, 9.17) is 11.6 Å². The Balaban J connectivity index is 2.19. The maximum atomic E-state index is 13.0. The number of aromatic nitrogens is 1. The summed E-state index contributed by atoms with van der Waals surface area (Å²) in [6.07, 6.45) is 1.84. The van der Waals surface area contributed by atoms with E-state index >= 15 is 0 Å². The van der Waals surface area contributed by atoms with Gasteiger partial charge in [0.25, 0.3) is 0 Å². The molecule has 0 N–H and O–H groups in total. The second kappa shape index (κ2) is 5.59. The molecule has 92 valence electrons. The van der Waals surface area contributed by atoms with Gasteiger partial charge in [0, 0.05) is 18.2 Å². The summed E-state index contributed by atoms with van der Waals surface area (Å²) in [7, 11) is 0. The largest absolute Gasteiger partial charge is 0.294 e. The standard InChI is InChI=1S/C13H8BrClFNO/c14-13-6-8(3-4-17-13)5-12(18)9-1-2-11(16)10(15)7-9/h1-4,6-7H,5H2. The van der Waals surface area contributed by atoms with Gasteiger partial charge in [-0.1, -0.05) is 11.6 Å². The van der Waals surface area contributed by atoms with Gasteiger partial charge in [-0.25, -0.2) is 9.37 Å². The molecule has 2 rings (SSSR count). The van der Waals surface area contributed by atoms with E-state index in [9.17, 15) is 9.18 Å². The highest BCUT2D eigenvalue weighted by Gasteiger charge is 2.10. The van der Waals surface area contributed by atoms with Gasteiger partial charge in [-0.2, -0.15) is 0 Å². The van der Waals surface area contributed by atoms with Crippen LogP contribution in [0.25, 0.3) is 0 Å². The van der Waals surface area contributed by atoms with Crippen molar-refractivity contribution in [1.82, 2.24) is 4.98 Å². The summed E-state index contributed by atoms with van der Waals surface area (Å²) in [5.74, 6) is -0.644. The predicted octanol–water partition coefficient (Wildman–Crippen LogP) is 4.06. The molecule has 0 atom stereocenters. The molecule has 1 aromatic carbocycles. The predicted molar refractivity (Wildman–Crippen MR) is 71.4 cm³/mol. The van der Waals surface area contributed by atoms with Crippen molar-refractivity contribution < 1.29 is 9.18 Å². The number of halogens is 3. The van der Waals surface area contributed by atoms with Gasteiger partial charge >= 0.3 is 0 Å². The molecule has 0 aliphatic rings. The quantitative estimate of drug-likeness (QED) is 0.628. The summed E-state index contributed by atoms with van der Waals surface area (Å²) in [4.78, 5) is 16.0. The second-order valence-corrected chi connectivity index (χ2v) is 4.94. The molecule has 0 fully saturated rings. The molecule has 5 heteroatoms. The molecule has 0 unspecified atom stereocenters. The number of Topliss-reactive ketones (excluding diaryl/α,β-unsaturated/α-hetero) is 1. The first-order chi connectivity index (χ1) is 8.56. The van der Waals surface area contributed by atoms with Crippen molar-refractivity contribution in [1.29, 1.82) is 0 Å². The van der Waals surface area contributed by atoms with E-state index in [0.29, 0.717) is 10.2 Å². The summed E-state index contributed by atoms with van der Waals surface area (Å²) in [6.45, 7) is 0. The van der Waals surface area contributed by atoms with Crippen LogP contribution >= 0.6 is 27.5 Å². The van der Waals surface area contributed by atoms with Crippen molar-refractivity contribution in [3.8, 4) is 0 Å². The van der Waals surface area contributed by atoms with Crippen LogP contribution in [0.5, 0.6) is 0 Å². The first-order valence-corrected chi connectivity index (χ1v) is 6.32. The molecule has 2 nitrogen and oxygen atoms in total. The molecule has 1 aromatic heterocycles. The molecule has 18 heavy (non-hydrogen) atoms. The number of carbonyl (C=O) groups excluding carboxylic acids is 1. The Hall–Kier alpha value is -1.26. The monoisotopic (exact) mass is 327 g/mol. The maximum absolute atomic E-state index is 13.0. The Morgan fingerprint density at radius 3 is 2.78 bits per heavy atom. The van der Waals surface area contributed by atoms with Crippen LogP contribution in [0.1, 0.15) is 15.9 Å². The van der Waals surface area contributed by atoms with Gasteiger partial charge in [0.05, 0.1) is 5.02 Å². The Morgan fingerprint density at radius 2 is 2.11 bits per heavy atom. The van der Waals surface area contributed by atoms with Crippen LogP contribution in [0.2, 0.25) is 5.02 Å². The van der Waals surface area contributed by atoms with Crippen LogP contribution in [0.4, 0.5) is 4.39 Å². The Morgan fingerprint density at radius 1 is 1.33 bits per heavy atom. The third-order valence-electron chi connectivity index (χ3n) is 2.40. The van der Waals surface area contributed by atoms with Crippen LogP contribution < -0.4 is 0 Å². The van der Waals surface area contributed by atoms with Gasteiger partial charge in [-0.05, 0) is 51.8 Å². The van der Waals surface area contributed by atoms with Crippen LogP contribution in [-0.4, -0.2) is 10.8 Å². The maximum Gasteiger partial charge on any atom is 0.167 e. The highest BCUT2D eigenvalue weighted by molar-refractivity contribution is 9.10. The average Bonchev–Trinajstić information content (AvgIpc) is 2.32. The molecular weight excluding hydrogens is 321 g/mol.